The minimum atomic E-state index is 0.241. The highest BCUT2D eigenvalue weighted by Gasteiger charge is 2.49. The summed E-state index contributed by atoms with van der Waals surface area (Å²) in [6.07, 6.45) is 30.4. The molecule has 3 aromatic carbocycles. The van der Waals surface area contributed by atoms with Gasteiger partial charge in [-0.15, -0.1) is 23.1 Å². The fourth-order valence-corrected chi connectivity index (χ4v) is 15.6. The molecule has 6 unspecified atom stereocenters. The van der Waals surface area contributed by atoms with E-state index in [4.69, 9.17) is 0 Å². The van der Waals surface area contributed by atoms with E-state index in [9.17, 15) is 0 Å². The number of para-hydroxylation sites is 1. The molecule has 4 aromatic rings. The Balaban J connectivity index is 0.974. The molecular weight excluding hydrogens is 741 g/mol. The largest absolute Gasteiger partial charge is 0.341 e. The van der Waals surface area contributed by atoms with E-state index < -0.39 is 0 Å². The maximum Gasteiger partial charge on any atom is 0.0810 e. The number of allylic oxidation sites excluding steroid dienone is 6. The minimum absolute atomic E-state index is 0.241. The summed E-state index contributed by atoms with van der Waals surface area (Å²) >= 11 is 4.14. The van der Waals surface area contributed by atoms with Crippen molar-refractivity contribution in [3.05, 3.63) is 158 Å². The molecule has 9 atom stereocenters. The SMILES string of the molecule is CC1C=CC=CC1N(C1=CC[C@@H](C)c2c1sc1c2CCC#C1)c1ccc2c3c1C=C[C@H]1CC=C(N(c4ccccc4)C4CCCC5c6ccccc6SC54)[C@@H](CC2)C31. The predicted octanol–water partition coefficient (Wildman–Crippen LogP) is 13.4. The summed E-state index contributed by atoms with van der Waals surface area (Å²) in [5, 5.41) is 0.577. The number of anilines is 2. The van der Waals surface area contributed by atoms with Crippen molar-refractivity contribution in [2.24, 2.45) is 17.8 Å². The third kappa shape index (κ3) is 5.45. The number of rotatable bonds is 6. The van der Waals surface area contributed by atoms with Crippen LogP contribution in [0.25, 0.3) is 11.8 Å². The minimum Gasteiger partial charge on any atom is -0.341 e. The van der Waals surface area contributed by atoms with Crippen LogP contribution in [0.15, 0.2) is 120 Å². The van der Waals surface area contributed by atoms with Crippen LogP contribution in [0.3, 0.4) is 0 Å². The molecule has 8 aliphatic rings. The van der Waals surface area contributed by atoms with Crippen molar-refractivity contribution in [3.8, 4) is 11.8 Å². The normalized spacial score (nSPS) is 30.4. The lowest BCUT2D eigenvalue weighted by atomic mass is 9.61. The van der Waals surface area contributed by atoms with Gasteiger partial charge in [-0.3, -0.25) is 0 Å². The van der Waals surface area contributed by atoms with Gasteiger partial charge in [0.1, 0.15) is 0 Å². The maximum atomic E-state index is 3.57. The molecule has 0 saturated heterocycles. The smallest absolute Gasteiger partial charge is 0.0810 e. The number of hydrogen-bond acceptors (Lipinski definition) is 4. The van der Waals surface area contributed by atoms with E-state index >= 15 is 0 Å². The molecule has 58 heavy (non-hydrogen) atoms. The van der Waals surface area contributed by atoms with Crippen LogP contribution < -0.4 is 9.80 Å². The van der Waals surface area contributed by atoms with Gasteiger partial charge in [0.2, 0.25) is 0 Å². The first-order valence-corrected chi connectivity index (χ1v) is 23.9. The third-order valence-electron chi connectivity index (χ3n) is 15.1. The van der Waals surface area contributed by atoms with Crippen LogP contribution in [0.2, 0.25) is 0 Å². The summed E-state index contributed by atoms with van der Waals surface area (Å²) in [6.45, 7) is 4.85. The molecule has 1 fully saturated rings. The van der Waals surface area contributed by atoms with Crippen LogP contribution in [0.5, 0.6) is 0 Å². The van der Waals surface area contributed by atoms with Crippen LogP contribution in [0.4, 0.5) is 11.4 Å². The summed E-state index contributed by atoms with van der Waals surface area (Å²) in [4.78, 5) is 9.97. The van der Waals surface area contributed by atoms with Gasteiger partial charge in [0.15, 0.2) is 0 Å². The van der Waals surface area contributed by atoms with Crippen LogP contribution in [0, 0.1) is 29.6 Å². The molecule has 2 heterocycles. The van der Waals surface area contributed by atoms with Crippen LogP contribution in [-0.4, -0.2) is 17.3 Å². The number of thiophene rings is 1. The van der Waals surface area contributed by atoms with E-state index in [0.29, 0.717) is 46.8 Å². The molecule has 1 aliphatic heterocycles. The number of aryl methyl sites for hydroxylation is 1. The van der Waals surface area contributed by atoms with Gasteiger partial charge in [-0.25, -0.2) is 0 Å². The average molecular weight is 793 g/mol. The highest BCUT2D eigenvalue weighted by Crippen LogP contribution is 2.59. The Morgan fingerprint density at radius 2 is 1.66 bits per heavy atom. The van der Waals surface area contributed by atoms with E-state index in [1.165, 1.54) is 68.5 Å². The second-order valence-corrected chi connectivity index (χ2v) is 20.5. The van der Waals surface area contributed by atoms with E-state index in [-0.39, 0.29) is 6.04 Å². The van der Waals surface area contributed by atoms with Crippen molar-refractivity contribution in [2.75, 3.05) is 9.80 Å². The number of fused-ring (bicyclic) bond motifs is 6. The Bertz CT molecular complexity index is 2540. The van der Waals surface area contributed by atoms with E-state index in [0.717, 1.165) is 32.1 Å². The van der Waals surface area contributed by atoms with E-state index in [1.54, 1.807) is 28.0 Å². The fraction of sp³-hybridized carbons (Fsp3) is 0.370. The van der Waals surface area contributed by atoms with Crippen molar-refractivity contribution < 1.29 is 0 Å². The fourth-order valence-electron chi connectivity index (χ4n) is 12.6. The number of nitrogens with zero attached hydrogens (tertiary/aromatic N) is 2. The topological polar surface area (TPSA) is 6.48 Å². The molecular formula is C54H52N2S2. The van der Waals surface area contributed by atoms with Gasteiger partial charge in [-0.2, -0.15) is 0 Å². The highest BCUT2D eigenvalue weighted by molar-refractivity contribution is 8.00. The molecule has 0 radical (unpaired) electrons. The molecule has 0 spiro atoms. The van der Waals surface area contributed by atoms with Gasteiger partial charge < -0.3 is 9.80 Å². The Labute approximate surface area is 353 Å². The van der Waals surface area contributed by atoms with Crippen molar-refractivity contribution in [1.82, 2.24) is 0 Å². The summed E-state index contributed by atoms with van der Waals surface area (Å²) in [5.41, 5.74) is 15.2. The van der Waals surface area contributed by atoms with Gasteiger partial charge in [0.05, 0.1) is 21.5 Å². The molecule has 4 heteroatoms. The first-order valence-electron chi connectivity index (χ1n) is 22.3. The molecule has 2 nitrogen and oxygen atoms in total. The zero-order chi connectivity index (χ0) is 38.5. The van der Waals surface area contributed by atoms with Crippen molar-refractivity contribution in [3.63, 3.8) is 0 Å². The number of hydrogen-bond donors (Lipinski definition) is 0. The summed E-state index contributed by atoms with van der Waals surface area (Å²) in [5.74, 6) is 10.1. The summed E-state index contributed by atoms with van der Waals surface area (Å²) < 4.78 is 0. The van der Waals surface area contributed by atoms with Gasteiger partial charge in [0.25, 0.3) is 0 Å². The molecule has 0 amide bonds. The Morgan fingerprint density at radius 1 is 0.776 bits per heavy atom. The molecule has 1 aromatic heterocycles. The van der Waals surface area contributed by atoms with Gasteiger partial charge >= 0.3 is 0 Å². The standard InChI is InChI=1S/C54H52N2S2/c1-33-13-6-9-19-43(33)56(47-30-23-34(2)50-42-17-8-11-22-49(42)58-54(47)50)45-32-27-36-24-28-40-44(31-26-35-25-29-41(45)52(36)51(35)40)55(37-14-4-3-5-15-37)46-20-12-18-39-38-16-7-10-21-48(38)57-53(39)46/h3-7,9-10,13-16,19,21,25,27,29-35,39-40,43,46,51,53H,8,12,17-18,20,23-24,26,28H2,1-2H3/t33?,34-,35+,39?,40-,43?,46?,51?,53?/m1/s1. The molecule has 1 saturated carbocycles. The number of benzene rings is 3. The zero-order valence-electron chi connectivity index (χ0n) is 33.7. The third-order valence-corrected chi connectivity index (χ3v) is 17.9. The Kier molecular flexibility index (Phi) is 8.63. The lowest BCUT2D eigenvalue weighted by Gasteiger charge is -2.51. The van der Waals surface area contributed by atoms with Crippen molar-refractivity contribution in [1.29, 1.82) is 0 Å². The summed E-state index contributed by atoms with van der Waals surface area (Å²) in [6, 6.07) is 26.6. The van der Waals surface area contributed by atoms with Crippen LogP contribution in [-0.2, 0) is 12.8 Å². The van der Waals surface area contributed by atoms with E-state index in [1.807, 2.05) is 11.3 Å². The molecule has 290 valence electrons. The van der Waals surface area contributed by atoms with Gasteiger partial charge in [0, 0.05) is 51.2 Å². The second-order valence-electron chi connectivity index (χ2n) is 18.2. The highest BCUT2D eigenvalue weighted by atomic mass is 32.2. The average Bonchev–Trinajstić information content (AvgIpc) is 3.86. The lowest BCUT2D eigenvalue weighted by Crippen LogP contribution is -2.49. The number of thioether (sulfide) groups is 1. The molecule has 7 aliphatic carbocycles. The van der Waals surface area contributed by atoms with Crippen molar-refractivity contribution >= 4 is 46.2 Å². The summed E-state index contributed by atoms with van der Waals surface area (Å²) in [7, 11) is 0. The first kappa shape index (κ1) is 35.5. The zero-order valence-corrected chi connectivity index (χ0v) is 35.4. The van der Waals surface area contributed by atoms with Crippen LogP contribution >= 0.6 is 23.1 Å². The quantitative estimate of drug-likeness (QED) is 0.180. The Hall–Kier alpha value is -4.43. The van der Waals surface area contributed by atoms with Crippen molar-refractivity contribution in [2.45, 2.75) is 112 Å². The van der Waals surface area contributed by atoms with Gasteiger partial charge in [-0.05, 0) is 127 Å². The van der Waals surface area contributed by atoms with E-state index in [2.05, 4.69) is 163 Å². The monoisotopic (exact) mass is 792 g/mol. The first-order chi connectivity index (χ1) is 28.6. The molecule has 0 N–H and O–H groups in total. The second kappa shape index (κ2) is 14.1. The van der Waals surface area contributed by atoms with Gasteiger partial charge in [-0.1, -0.05) is 123 Å². The van der Waals surface area contributed by atoms with Crippen LogP contribution in [0.1, 0.15) is 120 Å². The predicted molar refractivity (Wildman–Crippen MR) is 246 cm³/mol. The Morgan fingerprint density at radius 3 is 2.57 bits per heavy atom. The lowest BCUT2D eigenvalue weighted by molar-refractivity contribution is 0.308. The maximum absolute atomic E-state index is 3.57. The molecule has 12 rings (SSSR count). The molecule has 0 bridgehead atoms.